The summed E-state index contributed by atoms with van der Waals surface area (Å²) in [5.41, 5.74) is 0.598. The van der Waals surface area contributed by atoms with E-state index < -0.39 is 43.1 Å². The average Bonchev–Trinajstić information content (AvgIpc) is 2.80. The van der Waals surface area contributed by atoms with Crippen molar-refractivity contribution < 1.29 is 44.2 Å². The fourth-order valence-corrected chi connectivity index (χ4v) is 3.50. The third-order valence-electron chi connectivity index (χ3n) is 5.35. The summed E-state index contributed by atoms with van der Waals surface area (Å²) in [6.07, 6.45) is -6.24. The second-order valence-corrected chi connectivity index (χ2v) is 7.34. The average molecular weight is 446 g/mol. The van der Waals surface area contributed by atoms with E-state index in [2.05, 4.69) is 0 Å². The van der Waals surface area contributed by atoms with E-state index in [-0.39, 0.29) is 27.7 Å². The number of aliphatic hydroxyl groups is 4. The molecular weight excluding hydrogens is 424 g/mol. The second-order valence-electron chi connectivity index (χ2n) is 7.34. The van der Waals surface area contributed by atoms with Crippen LogP contribution in [0.3, 0.4) is 0 Å². The van der Waals surface area contributed by atoms with Gasteiger partial charge >= 0.3 is 0 Å². The molecule has 4 rings (SSSR count). The van der Waals surface area contributed by atoms with Gasteiger partial charge in [0.05, 0.1) is 24.7 Å². The third kappa shape index (κ3) is 3.90. The number of phenols is 1. The Bertz CT molecular complexity index is 1150. The number of hydrogen-bond donors (Lipinski definition) is 5. The van der Waals surface area contributed by atoms with Crippen LogP contribution in [0.25, 0.3) is 22.1 Å². The van der Waals surface area contributed by atoms with Crippen molar-refractivity contribution in [3.05, 3.63) is 52.9 Å². The number of hydrogen-bond acceptors (Lipinski definition) is 10. The number of phenolic OH excluding ortho intramolecular Hbond substituents is 1. The van der Waals surface area contributed by atoms with E-state index in [4.69, 9.17) is 18.6 Å². The van der Waals surface area contributed by atoms with Gasteiger partial charge in [0.1, 0.15) is 42.0 Å². The first kappa shape index (κ1) is 22.1. The first-order chi connectivity index (χ1) is 15.3. The van der Waals surface area contributed by atoms with Crippen molar-refractivity contribution in [2.75, 3.05) is 13.7 Å². The number of aromatic hydroxyl groups is 1. The van der Waals surface area contributed by atoms with Crippen LogP contribution in [0.1, 0.15) is 0 Å². The first-order valence-electron chi connectivity index (χ1n) is 9.74. The molecule has 0 aliphatic carbocycles. The molecule has 32 heavy (non-hydrogen) atoms. The van der Waals surface area contributed by atoms with E-state index >= 15 is 0 Å². The maximum atomic E-state index is 13.0. The normalized spacial score (nSPS) is 25.6. The fourth-order valence-electron chi connectivity index (χ4n) is 3.50. The van der Waals surface area contributed by atoms with Crippen LogP contribution in [0.2, 0.25) is 0 Å². The van der Waals surface area contributed by atoms with Crippen molar-refractivity contribution in [3.63, 3.8) is 0 Å². The van der Waals surface area contributed by atoms with E-state index in [1.54, 1.807) is 24.3 Å². The Hall–Kier alpha value is -3.15. The van der Waals surface area contributed by atoms with Gasteiger partial charge in [-0.05, 0) is 23.8 Å². The zero-order valence-electron chi connectivity index (χ0n) is 16.9. The minimum atomic E-state index is -1.66. The molecule has 1 aliphatic rings. The largest absolute Gasteiger partial charge is 0.504 e. The third-order valence-corrected chi connectivity index (χ3v) is 5.35. The topological polar surface area (TPSA) is 159 Å². The quantitative estimate of drug-likeness (QED) is 0.370. The molecule has 1 aliphatic heterocycles. The molecule has 0 radical (unpaired) electrons. The molecule has 170 valence electrons. The van der Waals surface area contributed by atoms with E-state index in [9.17, 15) is 30.3 Å². The summed E-state index contributed by atoms with van der Waals surface area (Å²) >= 11 is 0. The molecule has 1 fully saturated rings. The van der Waals surface area contributed by atoms with Crippen molar-refractivity contribution in [1.29, 1.82) is 0 Å². The summed E-state index contributed by atoms with van der Waals surface area (Å²) in [4.78, 5) is 13.0. The van der Waals surface area contributed by atoms with E-state index in [0.717, 1.165) is 6.07 Å². The molecule has 5 N–H and O–H groups in total. The fraction of sp³-hybridized carbons (Fsp3) is 0.318. The first-order valence-corrected chi connectivity index (χ1v) is 9.74. The predicted molar refractivity (Wildman–Crippen MR) is 111 cm³/mol. The Labute approximate surface area is 181 Å². The van der Waals surface area contributed by atoms with Crippen LogP contribution in [-0.4, -0.2) is 70.0 Å². The molecule has 0 spiro atoms. The van der Waals surface area contributed by atoms with Crippen LogP contribution in [0.5, 0.6) is 17.2 Å². The van der Waals surface area contributed by atoms with Crippen molar-refractivity contribution in [3.8, 4) is 28.4 Å². The molecule has 5 atom stereocenters. The Morgan fingerprint density at radius 2 is 1.75 bits per heavy atom. The highest BCUT2D eigenvalue weighted by molar-refractivity contribution is 5.84. The monoisotopic (exact) mass is 446 g/mol. The number of methoxy groups -OCH3 is 1. The van der Waals surface area contributed by atoms with Gasteiger partial charge in [-0.25, -0.2) is 0 Å². The smallest absolute Gasteiger partial charge is 0.229 e. The van der Waals surface area contributed by atoms with Gasteiger partial charge in [-0.2, -0.15) is 0 Å². The zero-order valence-corrected chi connectivity index (χ0v) is 16.9. The van der Waals surface area contributed by atoms with Gasteiger partial charge < -0.3 is 44.2 Å². The van der Waals surface area contributed by atoms with Crippen molar-refractivity contribution in [1.82, 2.24) is 0 Å². The maximum Gasteiger partial charge on any atom is 0.229 e. The molecule has 0 bridgehead atoms. The van der Waals surface area contributed by atoms with Gasteiger partial charge in [-0.15, -0.1) is 0 Å². The van der Waals surface area contributed by atoms with Gasteiger partial charge in [0.15, 0.2) is 11.5 Å². The summed E-state index contributed by atoms with van der Waals surface area (Å²) in [7, 11) is 1.53. The van der Waals surface area contributed by atoms with Crippen LogP contribution < -0.4 is 14.9 Å². The summed E-state index contributed by atoms with van der Waals surface area (Å²) < 4.78 is 21.4. The number of rotatable bonds is 5. The van der Waals surface area contributed by atoms with Gasteiger partial charge in [-0.3, -0.25) is 4.79 Å². The molecule has 1 aromatic heterocycles. The molecule has 10 nitrogen and oxygen atoms in total. The molecule has 0 amide bonds. The summed E-state index contributed by atoms with van der Waals surface area (Å²) in [5, 5.41) is 49.7. The van der Waals surface area contributed by atoms with Crippen molar-refractivity contribution in [2.45, 2.75) is 30.7 Å². The lowest BCUT2D eigenvalue weighted by atomic mass is 9.99. The summed E-state index contributed by atoms with van der Waals surface area (Å²) in [6.45, 7) is -0.627. The van der Waals surface area contributed by atoms with Gasteiger partial charge in [-0.1, -0.05) is 12.1 Å². The molecule has 10 heteroatoms. The van der Waals surface area contributed by atoms with Crippen molar-refractivity contribution in [2.24, 2.45) is 0 Å². The van der Waals surface area contributed by atoms with Crippen molar-refractivity contribution >= 4 is 11.0 Å². The van der Waals surface area contributed by atoms with Crippen LogP contribution in [0.15, 0.2) is 51.9 Å². The molecule has 1 saturated heterocycles. The standard InChI is InChI=1S/C22H22O10/c1-29-11-4-2-10(3-5-11)13-9-30-15-7-16(14(24)6-12(15)18(13)25)31-22-21(28)20(27)19(26)17(8-23)32-22/h2-7,9,17,19-24,26-28H,8H2,1H3. The Kier molecular flexibility index (Phi) is 6.04. The molecular formula is C22H22O10. The van der Waals surface area contributed by atoms with E-state index in [1.807, 2.05) is 0 Å². The number of benzene rings is 2. The van der Waals surface area contributed by atoms with Gasteiger partial charge in [0, 0.05) is 6.07 Å². The predicted octanol–water partition coefficient (Wildman–Crippen LogP) is 0.353. The minimum absolute atomic E-state index is 0.0944. The lowest BCUT2D eigenvalue weighted by molar-refractivity contribution is -0.277. The Balaban J connectivity index is 1.66. The number of fused-ring (bicyclic) bond motifs is 1. The van der Waals surface area contributed by atoms with Crippen LogP contribution >= 0.6 is 0 Å². The van der Waals surface area contributed by atoms with Gasteiger partial charge in [0.2, 0.25) is 11.7 Å². The minimum Gasteiger partial charge on any atom is -0.504 e. The molecule has 0 saturated carbocycles. The molecule has 3 aromatic rings. The highest BCUT2D eigenvalue weighted by Crippen LogP contribution is 2.34. The molecule has 5 unspecified atom stereocenters. The SMILES string of the molecule is COc1ccc(-c2coc3cc(OC4OC(CO)C(O)C(O)C4O)c(O)cc3c2=O)cc1. The summed E-state index contributed by atoms with van der Waals surface area (Å²) in [5.74, 6) is 0.00220. The highest BCUT2D eigenvalue weighted by atomic mass is 16.7. The van der Waals surface area contributed by atoms with Gasteiger partial charge in [0.25, 0.3) is 0 Å². The second kappa shape index (κ2) is 8.77. The maximum absolute atomic E-state index is 13.0. The lowest BCUT2D eigenvalue weighted by Crippen LogP contribution is -2.60. The highest BCUT2D eigenvalue weighted by Gasteiger charge is 2.45. The Morgan fingerprint density at radius 1 is 1.03 bits per heavy atom. The van der Waals surface area contributed by atoms with E-state index in [1.165, 1.54) is 19.4 Å². The Morgan fingerprint density at radius 3 is 2.41 bits per heavy atom. The van der Waals surface area contributed by atoms with Crippen LogP contribution in [0, 0.1) is 0 Å². The molecule has 2 heterocycles. The number of ether oxygens (including phenoxy) is 3. The van der Waals surface area contributed by atoms with Crippen LogP contribution in [0.4, 0.5) is 0 Å². The van der Waals surface area contributed by atoms with E-state index in [0.29, 0.717) is 11.3 Å². The summed E-state index contributed by atoms with van der Waals surface area (Å²) in [6, 6.07) is 9.21. The number of aliphatic hydroxyl groups excluding tert-OH is 4. The lowest BCUT2D eigenvalue weighted by Gasteiger charge is -2.39. The van der Waals surface area contributed by atoms with Crippen LogP contribution in [-0.2, 0) is 4.74 Å². The molecule has 2 aromatic carbocycles. The zero-order chi connectivity index (χ0) is 23.0.